The summed E-state index contributed by atoms with van der Waals surface area (Å²) in [7, 11) is 0. The summed E-state index contributed by atoms with van der Waals surface area (Å²) in [6.07, 6.45) is 0. The average Bonchev–Trinajstić information content (AvgIpc) is 2.56. The molecule has 0 spiro atoms. The van der Waals surface area contributed by atoms with Crippen LogP contribution in [0.25, 0.3) is 10.9 Å². The van der Waals surface area contributed by atoms with Crippen LogP contribution in [0.2, 0.25) is 0 Å². The third-order valence-electron chi connectivity index (χ3n) is 3.24. The number of aromatic amines is 1. The first kappa shape index (κ1) is 11.2. The van der Waals surface area contributed by atoms with Gasteiger partial charge in [-0.05, 0) is 43.0 Å². The van der Waals surface area contributed by atoms with Gasteiger partial charge in [-0.15, -0.1) is 0 Å². The van der Waals surface area contributed by atoms with Gasteiger partial charge in [-0.25, -0.2) is 0 Å². The first-order valence-electron chi connectivity index (χ1n) is 5.88. The number of aryl methyl sites for hydroxylation is 1. The number of nitrogens with one attached hydrogen (secondary N) is 1. The molecule has 0 amide bonds. The molecular formula is C14H20N2. The molecule has 2 rings (SSSR count). The molecular weight excluding hydrogens is 196 g/mol. The fraction of sp³-hybridized carbons (Fsp3) is 0.429. The number of hydrogen-bond donors (Lipinski definition) is 2. The van der Waals surface area contributed by atoms with Gasteiger partial charge in [0.1, 0.15) is 0 Å². The van der Waals surface area contributed by atoms with Gasteiger partial charge in [0.15, 0.2) is 0 Å². The van der Waals surface area contributed by atoms with Crippen LogP contribution in [0.1, 0.15) is 49.6 Å². The first-order valence-corrected chi connectivity index (χ1v) is 5.88. The Labute approximate surface area is 96.9 Å². The van der Waals surface area contributed by atoms with E-state index in [9.17, 15) is 0 Å². The largest absolute Gasteiger partial charge is 0.357 e. The molecule has 1 aromatic carbocycles. The highest BCUT2D eigenvalue weighted by atomic mass is 14.8. The summed E-state index contributed by atoms with van der Waals surface area (Å²) in [6, 6.07) is 6.68. The topological polar surface area (TPSA) is 41.8 Å². The quantitative estimate of drug-likeness (QED) is 0.791. The minimum atomic E-state index is 0.0647. The molecule has 0 aliphatic rings. The molecule has 0 saturated heterocycles. The molecule has 0 radical (unpaired) electrons. The van der Waals surface area contributed by atoms with Crippen molar-refractivity contribution in [3.8, 4) is 0 Å². The molecule has 0 fully saturated rings. The Bertz CT molecular complexity index is 507. The predicted molar refractivity (Wildman–Crippen MR) is 69.7 cm³/mol. The van der Waals surface area contributed by atoms with Gasteiger partial charge in [-0.3, -0.25) is 0 Å². The molecule has 1 unspecified atom stereocenters. The molecule has 3 N–H and O–H groups in total. The second kappa shape index (κ2) is 3.95. The third kappa shape index (κ3) is 1.74. The lowest BCUT2D eigenvalue weighted by atomic mass is 10.00. The average molecular weight is 216 g/mol. The lowest BCUT2D eigenvalue weighted by Crippen LogP contribution is -2.06. The summed E-state index contributed by atoms with van der Waals surface area (Å²) in [5.74, 6) is 0.567. The van der Waals surface area contributed by atoms with E-state index in [0.29, 0.717) is 5.92 Å². The Morgan fingerprint density at radius 2 is 1.88 bits per heavy atom. The van der Waals surface area contributed by atoms with Crippen molar-refractivity contribution in [2.75, 3.05) is 0 Å². The molecule has 1 aromatic heterocycles. The molecule has 1 heterocycles. The monoisotopic (exact) mass is 216 g/mol. The van der Waals surface area contributed by atoms with E-state index in [-0.39, 0.29) is 6.04 Å². The standard InChI is InChI=1S/C14H20N2/c1-8(2)11-5-6-13-12(7-11)9(3)14(16-13)10(4)15/h5-8,10,16H,15H2,1-4H3. The first-order chi connectivity index (χ1) is 7.50. The Morgan fingerprint density at radius 1 is 1.19 bits per heavy atom. The van der Waals surface area contributed by atoms with Crippen LogP contribution < -0.4 is 5.73 Å². The molecule has 2 aromatic rings. The number of aromatic nitrogens is 1. The minimum Gasteiger partial charge on any atom is -0.357 e. The summed E-state index contributed by atoms with van der Waals surface area (Å²) in [6.45, 7) is 8.59. The maximum atomic E-state index is 5.94. The zero-order valence-electron chi connectivity index (χ0n) is 10.5. The van der Waals surface area contributed by atoms with Crippen LogP contribution in [-0.2, 0) is 0 Å². The van der Waals surface area contributed by atoms with Gasteiger partial charge < -0.3 is 10.7 Å². The van der Waals surface area contributed by atoms with Crippen LogP contribution in [0, 0.1) is 6.92 Å². The zero-order valence-corrected chi connectivity index (χ0v) is 10.5. The molecule has 0 saturated carbocycles. The molecule has 16 heavy (non-hydrogen) atoms. The lowest BCUT2D eigenvalue weighted by Gasteiger charge is -2.05. The van der Waals surface area contributed by atoms with Gasteiger partial charge in [0.25, 0.3) is 0 Å². The minimum absolute atomic E-state index is 0.0647. The highest BCUT2D eigenvalue weighted by Crippen LogP contribution is 2.27. The normalized spacial score (nSPS) is 13.6. The van der Waals surface area contributed by atoms with E-state index in [1.165, 1.54) is 22.0 Å². The van der Waals surface area contributed by atoms with Crippen LogP contribution in [0.5, 0.6) is 0 Å². The maximum absolute atomic E-state index is 5.94. The third-order valence-corrected chi connectivity index (χ3v) is 3.24. The molecule has 0 aliphatic heterocycles. The molecule has 1 atom stereocenters. The van der Waals surface area contributed by atoms with Crippen LogP contribution >= 0.6 is 0 Å². The van der Waals surface area contributed by atoms with Gasteiger partial charge in [0.05, 0.1) is 0 Å². The highest BCUT2D eigenvalue weighted by Gasteiger charge is 2.11. The zero-order chi connectivity index (χ0) is 11.9. The van der Waals surface area contributed by atoms with Gasteiger partial charge >= 0.3 is 0 Å². The fourth-order valence-corrected chi connectivity index (χ4v) is 2.18. The summed E-state index contributed by atoms with van der Waals surface area (Å²) < 4.78 is 0. The SMILES string of the molecule is Cc1c(C(C)N)[nH]c2ccc(C(C)C)cc12. The number of fused-ring (bicyclic) bond motifs is 1. The van der Waals surface area contributed by atoms with Crippen LogP contribution in [-0.4, -0.2) is 4.98 Å². The van der Waals surface area contributed by atoms with E-state index in [2.05, 4.69) is 44.0 Å². The Balaban J connectivity index is 2.64. The predicted octanol–water partition coefficient (Wildman–Crippen LogP) is 3.62. The van der Waals surface area contributed by atoms with E-state index in [4.69, 9.17) is 5.73 Å². The van der Waals surface area contributed by atoms with Gasteiger partial charge in [0.2, 0.25) is 0 Å². The maximum Gasteiger partial charge on any atom is 0.0459 e. The second-order valence-corrected chi connectivity index (χ2v) is 4.91. The Kier molecular flexibility index (Phi) is 2.76. The van der Waals surface area contributed by atoms with Crippen molar-refractivity contribution in [2.45, 2.75) is 39.7 Å². The second-order valence-electron chi connectivity index (χ2n) is 4.91. The van der Waals surface area contributed by atoms with Gasteiger partial charge in [0, 0.05) is 22.6 Å². The van der Waals surface area contributed by atoms with Crippen molar-refractivity contribution in [1.82, 2.24) is 4.98 Å². The van der Waals surface area contributed by atoms with Crippen LogP contribution in [0.15, 0.2) is 18.2 Å². The number of rotatable bonds is 2. The smallest absolute Gasteiger partial charge is 0.0459 e. The molecule has 0 bridgehead atoms. The Hall–Kier alpha value is -1.28. The van der Waals surface area contributed by atoms with Crippen LogP contribution in [0.3, 0.4) is 0 Å². The Morgan fingerprint density at radius 3 is 2.44 bits per heavy atom. The van der Waals surface area contributed by atoms with E-state index >= 15 is 0 Å². The summed E-state index contributed by atoms with van der Waals surface area (Å²) >= 11 is 0. The van der Waals surface area contributed by atoms with E-state index in [0.717, 1.165) is 5.69 Å². The van der Waals surface area contributed by atoms with E-state index in [1.54, 1.807) is 0 Å². The van der Waals surface area contributed by atoms with Gasteiger partial charge in [-0.2, -0.15) is 0 Å². The summed E-state index contributed by atoms with van der Waals surface area (Å²) in [4.78, 5) is 3.40. The molecule has 2 heteroatoms. The number of hydrogen-bond acceptors (Lipinski definition) is 1. The lowest BCUT2D eigenvalue weighted by molar-refractivity contribution is 0.785. The van der Waals surface area contributed by atoms with Crippen molar-refractivity contribution in [3.05, 3.63) is 35.0 Å². The summed E-state index contributed by atoms with van der Waals surface area (Å²) in [5, 5.41) is 1.30. The summed E-state index contributed by atoms with van der Waals surface area (Å²) in [5.41, 5.74) is 10.9. The fourth-order valence-electron chi connectivity index (χ4n) is 2.18. The highest BCUT2D eigenvalue weighted by molar-refractivity contribution is 5.85. The molecule has 86 valence electrons. The van der Waals surface area contributed by atoms with E-state index < -0.39 is 0 Å². The molecule has 0 aliphatic carbocycles. The van der Waals surface area contributed by atoms with Crippen molar-refractivity contribution < 1.29 is 0 Å². The van der Waals surface area contributed by atoms with E-state index in [1.807, 2.05) is 6.92 Å². The van der Waals surface area contributed by atoms with Gasteiger partial charge in [-0.1, -0.05) is 19.9 Å². The van der Waals surface area contributed by atoms with Crippen molar-refractivity contribution in [1.29, 1.82) is 0 Å². The molecule has 2 nitrogen and oxygen atoms in total. The van der Waals surface area contributed by atoms with Crippen molar-refractivity contribution in [3.63, 3.8) is 0 Å². The number of nitrogens with two attached hydrogens (primary N) is 1. The number of H-pyrrole nitrogens is 1. The van der Waals surface area contributed by atoms with Crippen molar-refractivity contribution >= 4 is 10.9 Å². The number of benzene rings is 1. The van der Waals surface area contributed by atoms with Crippen LogP contribution in [0.4, 0.5) is 0 Å². The van der Waals surface area contributed by atoms with Crippen molar-refractivity contribution in [2.24, 2.45) is 5.73 Å².